The second-order valence-electron chi connectivity index (χ2n) is 5.75. The molecule has 1 aromatic carbocycles. The van der Waals surface area contributed by atoms with E-state index in [1.807, 2.05) is 36.1 Å². The van der Waals surface area contributed by atoms with Gasteiger partial charge in [-0.2, -0.15) is 0 Å². The standard InChI is InChI=1S/C17H25N3O3/c1-13(19-8-10-20(11-9-19)14(2)21)17(22)18-12-15-6-4-5-7-16(15)23-3/h4-7,13H,8-12H2,1-3H3,(H,18,22)/t13-/m1/s1. The van der Waals surface area contributed by atoms with Crippen molar-refractivity contribution in [2.45, 2.75) is 26.4 Å². The molecule has 1 aromatic rings. The number of piperazine rings is 1. The number of nitrogens with one attached hydrogen (secondary N) is 1. The molecule has 0 bridgehead atoms. The normalized spacial score (nSPS) is 16.7. The van der Waals surface area contributed by atoms with Crippen LogP contribution in [-0.4, -0.2) is 60.9 Å². The summed E-state index contributed by atoms with van der Waals surface area (Å²) in [5, 5.41) is 2.96. The number of hydrogen-bond donors (Lipinski definition) is 1. The van der Waals surface area contributed by atoms with Gasteiger partial charge in [-0.15, -0.1) is 0 Å². The summed E-state index contributed by atoms with van der Waals surface area (Å²) in [6.45, 7) is 6.74. The Morgan fingerprint density at radius 1 is 1.22 bits per heavy atom. The molecule has 0 aliphatic carbocycles. The molecule has 126 valence electrons. The fourth-order valence-electron chi connectivity index (χ4n) is 2.77. The highest BCUT2D eigenvalue weighted by Gasteiger charge is 2.26. The van der Waals surface area contributed by atoms with Gasteiger partial charge in [0.25, 0.3) is 0 Å². The minimum absolute atomic E-state index is 0.00724. The van der Waals surface area contributed by atoms with Crippen LogP contribution < -0.4 is 10.1 Å². The van der Waals surface area contributed by atoms with E-state index in [1.165, 1.54) is 0 Å². The van der Waals surface area contributed by atoms with Gasteiger partial charge in [0.15, 0.2) is 0 Å². The van der Waals surface area contributed by atoms with Crippen LogP contribution in [0, 0.1) is 0 Å². The zero-order valence-electron chi connectivity index (χ0n) is 14.0. The Labute approximate surface area is 137 Å². The Kier molecular flexibility index (Phi) is 5.98. The molecule has 1 atom stereocenters. The molecular formula is C17H25N3O3. The third-order valence-corrected chi connectivity index (χ3v) is 4.33. The second kappa shape index (κ2) is 7.97. The topological polar surface area (TPSA) is 61.9 Å². The fraction of sp³-hybridized carbons (Fsp3) is 0.529. The maximum absolute atomic E-state index is 12.4. The van der Waals surface area contributed by atoms with Crippen molar-refractivity contribution >= 4 is 11.8 Å². The van der Waals surface area contributed by atoms with Crippen molar-refractivity contribution in [3.63, 3.8) is 0 Å². The molecule has 6 nitrogen and oxygen atoms in total. The van der Waals surface area contributed by atoms with E-state index in [1.54, 1.807) is 14.0 Å². The molecule has 0 aromatic heterocycles. The van der Waals surface area contributed by atoms with Gasteiger partial charge >= 0.3 is 0 Å². The third-order valence-electron chi connectivity index (χ3n) is 4.33. The molecule has 1 heterocycles. The first-order chi connectivity index (χ1) is 11.0. The minimum Gasteiger partial charge on any atom is -0.496 e. The maximum atomic E-state index is 12.4. The molecule has 6 heteroatoms. The fourth-order valence-corrected chi connectivity index (χ4v) is 2.77. The predicted molar refractivity (Wildman–Crippen MR) is 88.1 cm³/mol. The first-order valence-corrected chi connectivity index (χ1v) is 7.92. The van der Waals surface area contributed by atoms with Crippen LogP contribution in [0.4, 0.5) is 0 Å². The number of carbonyl (C=O) groups excluding carboxylic acids is 2. The SMILES string of the molecule is COc1ccccc1CNC(=O)[C@@H](C)N1CCN(C(C)=O)CC1. The Hall–Kier alpha value is -2.08. The summed E-state index contributed by atoms with van der Waals surface area (Å²) in [6.07, 6.45) is 0. The number of rotatable bonds is 5. The third kappa shape index (κ3) is 4.45. The molecule has 0 spiro atoms. The predicted octanol–water partition coefficient (Wildman–Crippen LogP) is 0.864. The Morgan fingerprint density at radius 3 is 2.48 bits per heavy atom. The van der Waals surface area contributed by atoms with Crippen molar-refractivity contribution < 1.29 is 14.3 Å². The lowest BCUT2D eigenvalue weighted by Crippen LogP contribution is -2.54. The molecule has 1 fully saturated rings. The van der Waals surface area contributed by atoms with E-state index in [-0.39, 0.29) is 17.9 Å². The molecule has 1 aliphatic heterocycles. The Morgan fingerprint density at radius 2 is 1.87 bits per heavy atom. The molecule has 0 saturated carbocycles. The summed E-state index contributed by atoms with van der Waals surface area (Å²) in [4.78, 5) is 27.6. The number of methoxy groups -OCH3 is 1. The van der Waals surface area contributed by atoms with Crippen LogP contribution in [-0.2, 0) is 16.1 Å². The van der Waals surface area contributed by atoms with Crippen LogP contribution in [0.15, 0.2) is 24.3 Å². The first kappa shape index (κ1) is 17.3. The summed E-state index contributed by atoms with van der Waals surface area (Å²) in [7, 11) is 1.62. The van der Waals surface area contributed by atoms with E-state index in [0.29, 0.717) is 19.6 Å². The summed E-state index contributed by atoms with van der Waals surface area (Å²) in [5.74, 6) is 0.862. The molecule has 0 unspecified atom stereocenters. The van der Waals surface area contributed by atoms with Gasteiger partial charge in [-0.1, -0.05) is 18.2 Å². The van der Waals surface area contributed by atoms with Gasteiger partial charge in [-0.05, 0) is 13.0 Å². The summed E-state index contributed by atoms with van der Waals surface area (Å²) >= 11 is 0. The lowest BCUT2D eigenvalue weighted by molar-refractivity contribution is -0.132. The smallest absolute Gasteiger partial charge is 0.237 e. The highest BCUT2D eigenvalue weighted by molar-refractivity contribution is 5.81. The van der Waals surface area contributed by atoms with Crippen LogP contribution >= 0.6 is 0 Å². The van der Waals surface area contributed by atoms with Gasteiger partial charge in [-0.25, -0.2) is 0 Å². The summed E-state index contributed by atoms with van der Waals surface area (Å²) in [6, 6.07) is 7.44. The van der Waals surface area contributed by atoms with Crippen LogP contribution in [0.1, 0.15) is 19.4 Å². The quantitative estimate of drug-likeness (QED) is 0.874. The van der Waals surface area contributed by atoms with Gasteiger partial charge in [0, 0.05) is 45.2 Å². The molecule has 1 saturated heterocycles. The van der Waals surface area contributed by atoms with Crippen molar-refractivity contribution in [1.29, 1.82) is 0 Å². The van der Waals surface area contributed by atoms with Gasteiger partial charge < -0.3 is 15.0 Å². The molecule has 0 radical (unpaired) electrons. The van der Waals surface area contributed by atoms with Crippen LogP contribution in [0.5, 0.6) is 5.75 Å². The van der Waals surface area contributed by atoms with Crippen molar-refractivity contribution in [3.8, 4) is 5.75 Å². The van der Waals surface area contributed by atoms with E-state index < -0.39 is 0 Å². The van der Waals surface area contributed by atoms with Gasteiger partial charge in [0.1, 0.15) is 5.75 Å². The van der Waals surface area contributed by atoms with E-state index >= 15 is 0 Å². The molecule has 23 heavy (non-hydrogen) atoms. The zero-order valence-corrected chi connectivity index (χ0v) is 14.0. The molecular weight excluding hydrogens is 294 g/mol. The van der Waals surface area contributed by atoms with E-state index in [4.69, 9.17) is 4.74 Å². The number of hydrogen-bond acceptors (Lipinski definition) is 4. The highest BCUT2D eigenvalue weighted by atomic mass is 16.5. The number of nitrogens with zero attached hydrogens (tertiary/aromatic N) is 2. The van der Waals surface area contributed by atoms with E-state index in [2.05, 4.69) is 10.2 Å². The first-order valence-electron chi connectivity index (χ1n) is 7.92. The largest absolute Gasteiger partial charge is 0.496 e. The lowest BCUT2D eigenvalue weighted by Gasteiger charge is -2.37. The van der Waals surface area contributed by atoms with Crippen molar-refractivity contribution in [1.82, 2.24) is 15.1 Å². The highest BCUT2D eigenvalue weighted by Crippen LogP contribution is 2.17. The molecule has 2 amide bonds. The maximum Gasteiger partial charge on any atom is 0.237 e. The minimum atomic E-state index is -0.209. The summed E-state index contributed by atoms with van der Waals surface area (Å²) < 4.78 is 5.29. The second-order valence-corrected chi connectivity index (χ2v) is 5.75. The number of para-hydroxylation sites is 1. The number of carbonyl (C=O) groups is 2. The van der Waals surface area contributed by atoms with Crippen molar-refractivity contribution in [2.75, 3.05) is 33.3 Å². The zero-order chi connectivity index (χ0) is 16.8. The van der Waals surface area contributed by atoms with Gasteiger partial charge in [0.2, 0.25) is 11.8 Å². The molecule has 1 aliphatic rings. The molecule has 2 rings (SSSR count). The molecule has 1 N–H and O–H groups in total. The summed E-state index contributed by atoms with van der Waals surface area (Å²) in [5.41, 5.74) is 0.956. The van der Waals surface area contributed by atoms with Crippen LogP contribution in [0.25, 0.3) is 0 Å². The number of ether oxygens (including phenoxy) is 1. The monoisotopic (exact) mass is 319 g/mol. The average Bonchev–Trinajstić information content (AvgIpc) is 2.59. The average molecular weight is 319 g/mol. The van der Waals surface area contributed by atoms with E-state index in [0.717, 1.165) is 24.4 Å². The van der Waals surface area contributed by atoms with Crippen LogP contribution in [0.2, 0.25) is 0 Å². The Balaban J connectivity index is 1.85. The number of amides is 2. The Bertz CT molecular complexity index is 554. The van der Waals surface area contributed by atoms with Crippen LogP contribution in [0.3, 0.4) is 0 Å². The van der Waals surface area contributed by atoms with E-state index in [9.17, 15) is 9.59 Å². The van der Waals surface area contributed by atoms with Gasteiger partial charge in [0.05, 0.1) is 13.2 Å². The van der Waals surface area contributed by atoms with Crippen molar-refractivity contribution in [2.24, 2.45) is 0 Å². The lowest BCUT2D eigenvalue weighted by atomic mass is 10.1. The number of benzene rings is 1. The van der Waals surface area contributed by atoms with Crippen molar-refractivity contribution in [3.05, 3.63) is 29.8 Å². The van der Waals surface area contributed by atoms with Gasteiger partial charge in [-0.3, -0.25) is 14.5 Å².